The number of hydrogen-bond donors (Lipinski definition) is 3. The van der Waals surface area contributed by atoms with E-state index in [1.165, 1.54) is 27.8 Å². The first-order chi connectivity index (χ1) is 14.0. The molecule has 12 heteroatoms. The first kappa shape index (κ1) is 21.2. The fraction of sp³-hybridized carbons (Fsp3) is 0.353. The van der Waals surface area contributed by atoms with Crippen molar-refractivity contribution >= 4 is 50.6 Å². The third kappa shape index (κ3) is 4.52. The second kappa shape index (κ2) is 8.98. The minimum absolute atomic E-state index is 0.392. The lowest BCUT2D eigenvalue weighted by Gasteiger charge is -2.42. The maximum absolute atomic E-state index is 11.0. The molecule has 3 N–H and O–H groups in total. The summed E-state index contributed by atoms with van der Waals surface area (Å²) < 4.78 is 8.03. The van der Waals surface area contributed by atoms with Gasteiger partial charge >= 0.3 is 0 Å². The maximum Gasteiger partial charge on any atom is 0.140 e. The number of pyridine rings is 1. The number of hydrogen-bond acceptors (Lipinski definition) is 9. The predicted molar refractivity (Wildman–Crippen MR) is 113 cm³/mol. The molecule has 3 aromatic heterocycles. The number of nitrogens with zero attached hydrogens (tertiary/aromatic N) is 4. The summed E-state index contributed by atoms with van der Waals surface area (Å²) in [6.07, 6.45) is 3.47. The summed E-state index contributed by atoms with van der Waals surface area (Å²) in [7, 11) is 0. The molecule has 0 aliphatic carbocycles. The smallest absolute Gasteiger partial charge is 0.140 e. The Balaban J connectivity index is 1.61. The molecule has 0 bridgehead atoms. The van der Waals surface area contributed by atoms with E-state index in [-0.39, 0.29) is 0 Å². The van der Waals surface area contributed by atoms with Gasteiger partial charge in [-0.25, -0.2) is 4.98 Å². The molecule has 0 aromatic carbocycles. The summed E-state index contributed by atoms with van der Waals surface area (Å²) in [4.78, 5) is 9.09. The number of thiazole rings is 1. The van der Waals surface area contributed by atoms with E-state index in [0.717, 1.165) is 9.37 Å². The van der Waals surface area contributed by atoms with Gasteiger partial charge in [-0.15, -0.1) is 11.3 Å². The standard InChI is InChI=1S/C17H16BrClN4O4S2/c18-9-1-10(4-20-3-9)29-17-15(26)13(14(25)11(6-24)27-17)23-5-8(2-21-23)16-22-12(19)7-28-16/h1-5,7,11,13-15,17,24-26H,6H2/t11-,13+,14+,15-,17-/m1/s1. The molecule has 1 aliphatic heterocycles. The van der Waals surface area contributed by atoms with E-state index in [1.807, 2.05) is 6.07 Å². The topological polar surface area (TPSA) is 114 Å². The number of aliphatic hydroxyl groups excluding tert-OH is 3. The molecule has 1 fully saturated rings. The van der Waals surface area contributed by atoms with Crippen LogP contribution < -0.4 is 0 Å². The van der Waals surface area contributed by atoms with E-state index in [0.29, 0.717) is 15.7 Å². The van der Waals surface area contributed by atoms with Crippen LogP contribution in [-0.2, 0) is 4.74 Å². The van der Waals surface area contributed by atoms with Crippen LogP contribution in [0.4, 0.5) is 0 Å². The SMILES string of the molecule is OC[C@H]1O[C@H](Sc2cncc(Br)c2)[C@H](O)[C@@H](n2cc(-c3nc(Cl)cs3)cn2)[C@H]1O. The van der Waals surface area contributed by atoms with Crippen LogP contribution in [0.25, 0.3) is 10.6 Å². The highest BCUT2D eigenvalue weighted by atomic mass is 79.9. The molecule has 0 spiro atoms. The Kier molecular flexibility index (Phi) is 6.56. The van der Waals surface area contributed by atoms with Crippen LogP contribution in [0.1, 0.15) is 6.04 Å². The van der Waals surface area contributed by atoms with Gasteiger partial charge in [0.15, 0.2) is 0 Å². The third-order valence-electron chi connectivity index (χ3n) is 4.41. The van der Waals surface area contributed by atoms with Crippen molar-refractivity contribution in [2.24, 2.45) is 0 Å². The van der Waals surface area contributed by atoms with Crippen molar-refractivity contribution in [1.29, 1.82) is 0 Å². The first-order valence-electron chi connectivity index (χ1n) is 8.51. The summed E-state index contributed by atoms with van der Waals surface area (Å²) in [6, 6.07) is 1.03. The second-order valence-corrected chi connectivity index (χ2v) is 9.67. The minimum Gasteiger partial charge on any atom is -0.394 e. The van der Waals surface area contributed by atoms with Crippen LogP contribution in [0.5, 0.6) is 0 Å². The quantitative estimate of drug-likeness (QED) is 0.471. The van der Waals surface area contributed by atoms with Crippen molar-refractivity contribution < 1.29 is 20.1 Å². The Hall–Kier alpha value is -1.05. The molecule has 0 amide bonds. The second-order valence-electron chi connectivity index (χ2n) is 6.34. The summed E-state index contributed by atoms with van der Waals surface area (Å²) in [5, 5.41) is 38.4. The predicted octanol–water partition coefficient (Wildman–Crippen LogP) is 2.59. The van der Waals surface area contributed by atoms with Crippen LogP contribution in [0, 0.1) is 0 Å². The lowest BCUT2D eigenvalue weighted by atomic mass is 9.97. The van der Waals surface area contributed by atoms with Gasteiger partial charge in [-0.05, 0) is 22.0 Å². The van der Waals surface area contributed by atoms with E-state index in [4.69, 9.17) is 16.3 Å². The molecule has 0 unspecified atom stereocenters. The molecule has 5 atom stereocenters. The highest BCUT2D eigenvalue weighted by Crippen LogP contribution is 2.38. The van der Waals surface area contributed by atoms with Crippen molar-refractivity contribution in [3.8, 4) is 10.6 Å². The summed E-state index contributed by atoms with van der Waals surface area (Å²) in [5.41, 5.74) is -0.0210. The zero-order valence-electron chi connectivity index (χ0n) is 14.7. The molecular formula is C17H16BrClN4O4S2. The van der Waals surface area contributed by atoms with Crippen molar-refractivity contribution in [3.05, 3.63) is 45.9 Å². The third-order valence-corrected chi connectivity index (χ3v) is 7.18. The molecule has 4 heterocycles. The number of aliphatic hydroxyl groups is 3. The average molecular weight is 520 g/mol. The molecule has 1 saturated heterocycles. The number of thioether (sulfide) groups is 1. The van der Waals surface area contributed by atoms with Crippen molar-refractivity contribution in [3.63, 3.8) is 0 Å². The van der Waals surface area contributed by atoms with Crippen molar-refractivity contribution in [1.82, 2.24) is 19.7 Å². The molecule has 3 aromatic rings. The van der Waals surface area contributed by atoms with Crippen molar-refractivity contribution in [2.45, 2.75) is 34.7 Å². The molecule has 1 aliphatic rings. The Bertz CT molecular complexity index is 990. The Morgan fingerprint density at radius 3 is 2.79 bits per heavy atom. The number of aromatic nitrogens is 4. The molecular weight excluding hydrogens is 504 g/mol. The van der Waals surface area contributed by atoms with E-state index in [1.54, 1.807) is 30.2 Å². The monoisotopic (exact) mass is 518 g/mol. The van der Waals surface area contributed by atoms with Crippen LogP contribution in [-0.4, -0.2) is 65.4 Å². The average Bonchev–Trinajstić information content (AvgIpc) is 3.33. The summed E-state index contributed by atoms with van der Waals surface area (Å²) in [5.74, 6) is 0. The molecule has 0 saturated carbocycles. The van der Waals surface area contributed by atoms with E-state index >= 15 is 0 Å². The van der Waals surface area contributed by atoms with Crippen molar-refractivity contribution in [2.75, 3.05) is 6.61 Å². The molecule has 0 radical (unpaired) electrons. The van der Waals surface area contributed by atoms with Gasteiger partial charge in [0, 0.05) is 38.9 Å². The fourth-order valence-electron chi connectivity index (χ4n) is 3.07. The maximum atomic E-state index is 11.0. The van der Waals surface area contributed by atoms with E-state index in [2.05, 4.69) is 31.0 Å². The zero-order valence-corrected chi connectivity index (χ0v) is 18.6. The Morgan fingerprint density at radius 1 is 1.28 bits per heavy atom. The lowest BCUT2D eigenvalue weighted by Crippen LogP contribution is -2.54. The van der Waals surface area contributed by atoms with Gasteiger partial charge in [0.1, 0.15) is 40.0 Å². The number of halogens is 2. The Labute approximate surface area is 187 Å². The largest absolute Gasteiger partial charge is 0.394 e. The lowest BCUT2D eigenvalue weighted by molar-refractivity contribution is -0.178. The van der Waals surface area contributed by atoms with Crippen LogP contribution in [0.15, 0.2) is 45.6 Å². The summed E-state index contributed by atoms with van der Waals surface area (Å²) in [6.45, 7) is -0.394. The zero-order chi connectivity index (χ0) is 20.5. The van der Waals surface area contributed by atoms with Gasteiger partial charge in [0.2, 0.25) is 0 Å². The van der Waals surface area contributed by atoms with Gasteiger partial charge in [-0.2, -0.15) is 5.10 Å². The Morgan fingerprint density at radius 2 is 2.10 bits per heavy atom. The van der Waals surface area contributed by atoms with Gasteiger partial charge in [-0.1, -0.05) is 23.4 Å². The molecule has 8 nitrogen and oxygen atoms in total. The highest BCUT2D eigenvalue weighted by Gasteiger charge is 2.46. The van der Waals surface area contributed by atoms with Gasteiger partial charge < -0.3 is 20.1 Å². The molecule has 29 heavy (non-hydrogen) atoms. The van der Waals surface area contributed by atoms with E-state index < -0.39 is 36.4 Å². The fourth-order valence-corrected chi connectivity index (χ4v) is 5.59. The first-order valence-corrected chi connectivity index (χ1v) is 11.4. The normalized spacial score (nSPS) is 27.3. The highest BCUT2D eigenvalue weighted by molar-refractivity contribution is 9.10. The van der Waals surface area contributed by atoms with Gasteiger partial charge in [0.25, 0.3) is 0 Å². The molecule has 154 valence electrons. The number of rotatable bonds is 5. The van der Waals surface area contributed by atoms with Gasteiger partial charge in [-0.3, -0.25) is 9.67 Å². The van der Waals surface area contributed by atoms with Crippen LogP contribution >= 0.6 is 50.6 Å². The number of ether oxygens (including phenoxy) is 1. The minimum atomic E-state index is -1.15. The van der Waals surface area contributed by atoms with Crippen LogP contribution in [0.3, 0.4) is 0 Å². The van der Waals surface area contributed by atoms with Crippen LogP contribution in [0.2, 0.25) is 5.15 Å². The van der Waals surface area contributed by atoms with E-state index in [9.17, 15) is 15.3 Å². The van der Waals surface area contributed by atoms with Gasteiger partial charge in [0.05, 0.1) is 12.8 Å². The molecule has 4 rings (SSSR count). The summed E-state index contributed by atoms with van der Waals surface area (Å²) >= 11 is 11.9.